The van der Waals surface area contributed by atoms with E-state index >= 15 is 0 Å². The molecule has 1 N–H and O–H groups in total. The number of para-hydroxylation sites is 1. The first-order valence-corrected chi connectivity index (χ1v) is 20.6. The number of halogens is 5. The molecule has 3 aromatic carbocycles. The monoisotopic (exact) mass is 849 g/mol. The van der Waals surface area contributed by atoms with Crippen molar-refractivity contribution >= 4 is 50.2 Å². The van der Waals surface area contributed by atoms with Crippen molar-refractivity contribution in [3.8, 4) is 17.3 Å². The molecular formula is C40H36F5N9O5S. The van der Waals surface area contributed by atoms with E-state index in [1.807, 2.05) is 42.5 Å². The average molecular weight is 850 g/mol. The van der Waals surface area contributed by atoms with Crippen LogP contribution >= 0.6 is 10.2 Å². The zero-order valence-corrected chi connectivity index (χ0v) is 32.8. The predicted octanol–water partition coefficient (Wildman–Crippen LogP) is 7.80. The Morgan fingerprint density at radius 2 is 1.60 bits per heavy atom. The number of anilines is 2. The van der Waals surface area contributed by atoms with Gasteiger partial charge in [0, 0.05) is 37.3 Å². The third kappa shape index (κ3) is 7.96. The van der Waals surface area contributed by atoms with Crippen LogP contribution in [0.1, 0.15) is 34.4 Å². The number of hydrogen-bond donors (Lipinski definition) is 1. The Morgan fingerprint density at radius 1 is 0.900 bits per heavy atom. The summed E-state index contributed by atoms with van der Waals surface area (Å²) in [6.07, 6.45) is 1.51. The molecule has 1 aliphatic rings. The highest BCUT2D eigenvalue weighted by atomic mass is 32.5. The summed E-state index contributed by atoms with van der Waals surface area (Å²) in [7, 11) is -9.94. The molecule has 0 radical (unpaired) electrons. The molecule has 14 nitrogen and oxygen atoms in total. The van der Waals surface area contributed by atoms with E-state index in [9.17, 15) is 33.8 Å². The molecule has 1 aliphatic heterocycles. The molecule has 5 heterocycles. The second kappa shape index (κ2) is 14.5. The minimum atomic E-state index is -9.94. The molecule has 0 aliphatic carbocycles. The van der Waals surface area contributed by atoms with E-state index in [2.05, 4.69) is 25.4 Å². The quantitative estimate of drug-likeness (QED) is 0.128. The van der Waals surface area contributed by atoms with Gasteiger partial charge in [-0.05, 0) is 55.3 Å². The van der Waals surface area contributed by atoms with Gasteiger partial charge < -0.3 is 28.8 Å². The smallest absolute Gasteiger partial charge is 0.310 e. The van der Waals surface area contributed by atoms with Crippen LogP contribution in [0.15, 0.2) is 105 Å². The number of carbonyl (C=O) groups is 2. The summed E-state index contributed by atoms with van der Waals surface area (Å²) >= 11 is 0. The Bertz CT molecular complexity index is 2810. The number of hydrogen-bond acceptors (Lipinski definition) is 10. The molecule has 0 spiro atoms. The number of rotatable bonds is 11. The van der Waals surface area contributed by atoms with Crippen molar-refractivity contribution in [2.45, 2.75) is 38.3 Å². The van der Waals surface area contributed by atoms with Crippen molar-refractivity contribution in [3.05, 3.63) is 124 Å². The summed E-state index contributed by atoms with van der Waals surface area (Å²) in [6, 6.07) is 20.2. The zero-order valence-electron chi connectivity index (χ0n) is 32.0. The lowest BCUT2D eigenvalue weighted by Gasteiger charge is -2.40. The molecule has 0 saturated carbocycles. The average Bonchev–Trinajstić information content (AvgIpc) is 3.87. The molecule has 60 heavy (non-hydrogen) atoms. The van der Waals surface area contributed by atoms with Gasteiger partial charge in [0.25, 0.3) is 11.5 Å². The van der Waals surface area contributed by atoms with Gasteiger partial charge in [0.15, 0.2) is 17.2 Å². The van der Waals surface area contributed by atoms with E-state index in [-0.39, 0.29) is 97.4 Å². The Labute approximate surface area is 338 Å². The highest BCUT2D eigenvalue weighted by Crippen LogP contribution is 3.02. The normalized spacial score (nSPS) is 14.6. The minimum absolute atomic E-state index is 0.0292. The van der Waals surface area contributed by atoms with Gasteiger partial charge in [0.1, 0.15) is 35.6 Å². The molecule has 0 bridgehead atoms. The number of aromatic nitrogens is 6. The van der Waals surface area contributed by atoms with Crippen LogP contribution in [0.3, 0.4) is 0 Å². The van der Waals surface area contributed by atoms with Gasteiger partial charge in [-0.15, -0.1) is 5.10 Å². The number of piperazine rings is 1. The number of aryl methyl sites for hydroxylation is 1. The van der Waals surface area contributed by atoms with Gasteiger partial charge in [0.2, 0.25) is 17.5 Å². The maximum atomic E-state index is 14.4. The van der Waals surface area contributed by atoms with Crippen molar-refractivity contribution in [1.29, 1.82) is 0 Å². The summed E-state index contributed by atoms with van der Waals surface area (Å²) in [4.78, 5) is 56.3. The number of nitrogens with one attached hydrogen (secondary N) is 1. The van der Waals surface area contributed by atoms with Crippen LogP contribution in [0.4, 0.5) is 30.8 Å². The zero-order chi connectivity index (χ0) is 42.5. The van der Waals surface area contributed by atoms with Crippen molar-refractivity contribution in [2.24, 2.45) is 0 Å². The van der Waals surface area contributed by atoms with E-state index in [1.165, 1.54) is 10.9 Å². The molecule has 2 amide bonds. The summed E-state index contributed by atoms with van der Waals surface area (Å²) in [5.74, 6) is -0.615. The molecule has 8 rings (SSSR count). The van der Waals surface area contributed by atoms with Gasteiger partial charge in [-0.25, -0.2) is 9.97 Å². The van der Waals surface area contributed by atoms with Crippen LogP contribution in [0, 0.1) is 6.92 Å². The van der Waals surface area contributed by atoms with E-state index in [0.717, 1.165) is 27.6 Å². The van der Waals surface area contributed by atoms with Crippen LogP contribution in [-0.2, 0) is 24.4 Å². The molecule has 312 valence electrons. The number of carbonyl (C=O) groups excluding carboxylic acids is 2. The minimum Gasteiger partial charge on any atom is -0.485 e. The number of benzene rings is 3. The number of amides is 2. The highest BCUT2D eigenvalue weighted by molar-refractivity contribution is 8.45. The number of nitrogens with zero attached hydrogens (tertiary/aromatic N) is 8. The van der Waals surface area contributed by atoms with E-state index in [1.54, 1.807) is 41.8 Å². The molecule has 0 atom stereocenters. The van der Waals surface area contributed by atoms with Gasteiger partial charge in [-0.1, -0.05) is 74.9 Å². The van der Waals surface area contributed by atoms with Crippen molar-refractivity contribution in [1.82, 2.24) is 34.0 Å². The van der Waals surface area contributed by atoms with Crippen molar-refractivity contribution in [2.75, 3.05) is 36.4 Å². The van der Waals surface area contributed by atoms with Gasteiger partial charge in [-0.3, -0.25) is 14.4 Å². The van der Waals surface area contributed by atoms with Gasteiger partial charge in [-0.2, -0.15) is 9.50 Å². The summed E-state index contributed by atoms with van der Waals surface area (Å²) in [6.45, 7) is 3.93. The molecular weight excluding hydrogens is 814 g/mol. The Morgan fingerprint density at radius 3 is 2.28 bits per heavy atom. The van der Waals surface area contributed by atoms with Crippen molar-refractivity contribution in [3.63, 3.8) is 0 Å². The molecule has 7 aromatic rings. The Balaban J connectivity index is 1.10. The fourth-order valence-corrected chi connectivity index (χ4v) is 7.72. The number of fused-ring (bicyclic) bond motifs is 2. The van der Waals surface area contributed by atoms with Crippen LogP contribution < -0.4 is 20.5 Å². The summed E-state index contributed by atoms with van der Waals surface area (Å²) < 4.78 is 81.3. The van der Waals surface area contributed by atoms with Crippen LogP contribution in [0.25, 0.3) is 28.3 Å². The first-order valence-electron chi connectivity index (χ1n) is 18.7. The Hall–Kier alpha value is -6.83. The first-order chi connectivity index (χ1) is 28.5. The Kier molecular flexibility index (Phi) is 9.64. The van der Waals surface area contributed by atoms with Crippen LogP contribution in [0.5, 0.6) is 5.75 Å². The number of ether oxygens (including phenoxy) is 1. The lowest BCUT2D eigenvalue weighted by molar-refractivity contribution is -0.116. The van der Waals surface area contributed by atoms with Crippen molar-refractivity contribution < 1.29 is 38.2 Å². The lowest BCUT2D eigenvalue weighted by atomic mass is 10.2. The topological polar surface area (TPSA) is 153 Å². The van der Waals surface area contributed by atoms with E-state index < -0.39 is 33.1 Å². The summed E-state index contributed by atoms with van der Waals surface area (Å²) in [5, 5.41) is 7.70. The molecule has 0 unspecified atom stereocenters. The predicted molar refractivity (Wildman–Crippen MR) is 214 cm³/mol. The maximum Gasteiger partial charge on any atom is 0.310 e. The second-order valence-corrected chi connectivity index (χ2v) is 16.5. The standard InChI is InChI=1S/C40H36F5N9O5S/c1-3-30-35(51-17-19-52(20-18-51)38(56)34-36(25(2)46-24-47-34)58-23-26-9-5-4-6-10-26)39(57)54-40(49-37(50-54)32-21-27-11-7-8-12-31(27)59-32)53(30)22-33(55)48-28-13-15-29(16-14-28)60(41,42,43,44)45/h4-16,21,24H,3,17-20,22-23H2,1-2H3,(H,48,55). The molecule has 4 aromatic heterocycles. The van der Waals surface area contributed by atoms with Gasteiger partial charge in [0.05, 0.1) is 11.4 Å². The third-order valence-electron chi connectivity index (χ3n) is 9.99. The lowest BCUT2D eigenvalue weighted by Crippen LogP contribution is -2.51. The highest BCUT2D eigenvalue weighted by Gasteiger charge is 2.65. The first kappa shape index (κ1) is 40.0. The third-order valence-corrected chi connectivity index (χ3v) is 11.1. The van der Waals surface area contributed by atoms with E-state index in [0.29, 0.717) is 17.0 Å². The second-order valence-electron chi connectivity index (χ2n) is 14.1. The SMILES string of the molecule is CCc1c(N2CCN(C(=O)c3ncnc(C)c3OCc3ccccc3)CC2)c(=O)n2nc(-c3cc4ccccc4o3)nc2n1CC(=O)Nc1ccc(S(F)(F)(F)(F)F)cc1. The van der Waals surface area contributed by atoms with Crippen LogP contribution in [0.2, 0.25) is 0 Å². The van der Waals surface area contributed by atoms with Gasteiger partial charge >= 0.3 is 10.2 Å². The molecule has 1 fully saturated rings. The largest absolute Gasteiger partial charge is 0.485 e. The fraction of sp³-hybridized carbons (Fsp3) is 0.225. The maximum absolute atomic E-state index is 14.4. The molecule has 1 saturated heterocycles. The van der Waals surface area contributed by atoms with E-state index in [4.69, 9.17) is 9.15 Å². The molecule has 20 heteroatoms. The fourth-order valence-electron chi connectivity index (χ4n) is 7.06. The van der Waals surface area contributed by atoms with Crippen LogP contribution in [-0.4, -0.2) is 72.0 Å². The number of furan rings is 1. The summed E-state index contributed by atoms with van der Waals surface area (Å²) in [5.41, 5.74) is 1.88.